The lowest BCUT2D eigenvalue weighted by molar-refractivity contribution is 0.0398. The number of hydrogen-bond donors (Lipinski definition) is 0. The van der Waals surface area contributed by atoms with E-state index in [4.69, 9.17) is 4.74 Å². The van der Waals surface area contributed by atoms with E-state index in [2.05, 4.69) is 42.3 Å². The van der Waals surface area contributed by atoms with Crippen LogP contribution >= 0.6 is 11.8 Å². The summed E-state index contributed by atoms with van der Waals surface area (Å²) in [6.45, 7) is 10.6. The van der Waals surface area contributed by atoms with Crippen LogP contribution in [0.3, 0.4) is 0 Å². The maximum absolute atomic E-state index is 5.35. The van der Waals surface area contributed by atoms with Gasteiger partial charge in [-0.3, -0.25) is 4.90 Å². The summed E-state index contributed by atoms with van der Waals surface area (Å²) in [6, 6.07) is 0. The second kappa shape index (κ2) is 5.95. The molecule has 86 valence electrons. The molecule has 0 spiro atoms. The highest BCUT2D eigenvalue weighted by Gasteiger charge is 2.18. The molecule has 0 aromatic rings. The Morgan fingerprint density at radius 2 is 1.87 bits per heavy atom. The maximum atomic E-state index is 5.35. The van der Waals surface area contributed by atoms with Gasteiger partial charge in [-0.15, -0.1) is 17.3 Å². The van der Waals surface area contributed by atoms with Gasteiger partial charge in [-0.05, 0) is 6.26 Å². The van der Waals surface area contributed by atoms with Gasteiger partial charge in [-0.25, -0.2) is 0 Å². The molecule has 4 heteroatoms. The topological polar surface area (TPSA) is 12.5 Å². The third kappa shape index (κ3) is 5.07. The third-order valence-electron chi connectivity index (χ3n) is 2.17. The van der Waals surface area contributed by atoms with Crippen molar-refractivity contribution >= 4 is 19.8 Å². The standard InChI is InChI=1S/C11H21NOSSi/c1-14-11(5-10-15(2,3)4)12-6-8-13-9-7-12/h11H,6-9H2,1-4H3. The van der Waals surface area contributed by atoms with E-state index in [9.17, 15) is 0 Å². The Morgan fingerprint density at radius 3 is 2.33 bits per heavy atom. The van der Waals surface area contributed by atoms with Crippen LogP contribution < -0.4 is 0 Å². The largest absolute Gasteiger partial charge is 0.379 e. The van der Waals surface area contributed by atoms with Gasteiger partial charge >= 0.3 is 0 Å². The molecule has 1 aliphatic rings. The molecule has 0 N–H and O–H groups in total. The minimum absolute atomic E-state index is 0.362. The Bertz CT molecular complexity index is 248. The highest BCUT2D eigenvalue weighted by molar-refractivity contribution is 7.99. The molecular weight excluding hydrogens is 222 g/mol. The molecule has 0 saturated carbocycles. The van der Waals surface area contributed by atoms with Crippen molar-refractivity contribution in [3.63, 3.8) is 0 Å². The molecule has 0 bridgehead atoms. The zero-order valence-electron chi connectivity index (χ0n) is 10.2. The Hall–Kier alpha value is 0.0469. The summed E-state index contributed by atoms with van der Waals surface area (Å²) in [5.41, 5.74) is 3.46. The first kappa shape index (κ1) is 13.1. The lowest BCUT2D eigenvalue weighted by Crippen LogP contribution is -2.41. The molecule has 0 aromatic carbocycles. The zero-order valence-corrected chi connectivity index (χ0v) is 12.0. The van der Waals surface area contributed by atoms with Crippen molar-refractivity contribution in [2.75, 3.05) is 32.6 Å². The summed E-state index contributed by atoms with van der Waals surface area (Å²) in [7, 11) is -1.23. The highest BCUT2D eigenvalue weighted by atomic mass is 32.2. The van der Waals surface area contributed by atoms with Crippen molar-refractivity contribution in [1.82, 2.24) is 4.90 Å². The molecule has 2 nitrogen and oxygen atoms in total. The lowest BCUT2D eigenvalue weighted by atomic mass is 10.4. The number of hydrogen-bond acceptors (Lipinski definition) is 3. The number of rotatable bonds is 2. The van der Waals surface area contributed by atoms with Gasteiger partial charge in [0.1, 0.15) is 13.4 Å². The zero-order chi connectivity index (χ0) is 11.3. The van der Waals surface area contributed by atoms with Crippen LogP contribution in [0.5, 0.6) is 0 Å². The predicted molar refractivity (Wildman–Crippen MR) is 70.8 cm³/mol. The molecular formula is C11H21NOSSi. The fourth-order valence-electron chi connectivity index (χ4n) is 1.39. The molecule has 1 heterocycles. The first-order valence-corrected chi connectivity index (χ1v) is 10.2. The quantitative estimate of drug-likeness (QED) is 0.543. The molecule has 1 rings (SSSR count). The van der Waals surface area contributed by atoms with Crippen LogP contribution in [0.15, 0.2) is 0 Å². The molecule has 1 saturated heterocycles. The van der Waals surface area contributed by atoms with Crippen LogP contribution in [0.1, 0.15) is 0 Å². The molecule has 1 aliphatic heterocycles. The molecule has 0 radical (unpaired) electrons. The van der Waals surface area contributed by atoms with Crippen molar-refractivity contribution in [3.05, 3.63) is 0 Å². The Morgan fingerprint density at radius 1 is 1.27 bits per heavy atom. The van der Waals surface area contributed by atoms with Gasteiger partial charge in [-0.1, -0.05) is 25.6 Å². The summed E-state index contributed by atoms with van der Waals surface area (Å²) < 4.78 is 5.35. The number of thioether (sulfide) groups is 1. The fraction of sp³-hybridized carbons (Fsp3) is 0.818. The van der Waals surface area contributed by atoms with Gasteiger partial charge in [0.2, 0.25) is 0 Å². The summed E-state index contributed by atoms with van der Waals surface area (Å²) in [6.07, 6.45) is 2.14. The van der Waals surface area contributed by atoms with Gasteiger partial charge in [-0.2, -0.15) is 0 Å². The van der Waals surface area contributed by atoms with E-state index in [1.54, 1.807) is 0 Å². The summed E-state index contributed by atoms with van der Waals surface area (Å²) in [5.74, 6) is 3.42. The van der Waals surface area contributed by atoms with Gasteiger partial charge in [0.05, 0.1) is 13.2 Å². The molecule has 0 amide bonds. The Kier molecular flexibility index (Phi) is 5.20. The van der Waals surface area contributed by atoms with Gasteiger partial charge < -0.3 is 4.74 Å². The fourth-order valence-corrected chi connectivity index (χ4v) is 2.75. The Balaban J connectivity index is 2.57. The first-order chi connectivity index (χ1) is 7.03. The molecule has 0 aromatic heterocycles. The molecule has 1 unspecified atom stereocenters. The number of morpholine rings is 1. The van der Waals surface area contributed by atoms with Crippen LogP contribution in [-0.2, 0) is 4.74 Å². The number of ether oxygens (including phenoxy) is 1. The average Bonchev–Trinajstić information content (AvgIpc) is 2.19. The second-order valence-corrected chi connectivity index (χ2v) is 10.4. The lowest BCUT2D eigenvalue weighted by Gasteiger charge is -2.30. The predicted octanol–water partition coefficient (Wildman–Crippen LogP) is 1.89. The first-order valence-electron chi connectivity index (χ1n) is 5.40. The second-order valence-electron chi connectivity index (χ2n) is 4.76. The molecule has 1 atom stereocenters. The van der Waals surface area contributed by atoms with Crippen LogP contribution in [0.4, 0.5) is 0 Å². The normalized spacial score (nSPS) is 20.5. The van der Waals surface area contributed by atoms with Gasteiger partial charge in [0.15, 0.2) is 0 Å². The van der Waals surface area contributed by atoms with Gasteiger partial charge in [0, 0.05) is 13.1 Å². The van der Waals surface area contributed by atoms with Crippen LogP contribution in [0.25, 0.3) is 0 Å². The number of nitrogens with zero attached hydrogens (tertiary/aromatic N) is 1. The van der Waals surface area contributed by atoms with Crippen LogP contribution in [0.2, 0.25) is 19.6 Å². The van der Waals surface area contributed by atoms with Crippen LogP contribution in [-0.4, -0.2) is 50.9 Å². The van der Waals surface area contributed by atoms with E-state index in [1.165, 1.54) is 0 Å². The van der Waals surface area contributed by atoms with Crippen molar-refractivity contribution in [1.29, 1.82) is 0 Å². The van der Waals surface area contributed by atoms with Crippen molar-refractivity contribution < 1.29 is 4.74 Å². The Labute approximate surface area is 98.8 Å². The molecule has 1 fully saturated rings. The van der Waals surface area contributed by atoms with Crippen molar-refractivity contribution in [2.24, 2.45) is 0 Å². The van der Waals surface area contributed by atoms with Crippen LogP contribution in [0, 0.1) is 11.5 Å². The van der Waals surface area contributed by atoms with E-state index in [1.807, 2.05) is 11.8 Å². The molecule has 15 heavy (non-hydrogen) atoms. The van der Waals surface area contributed by atoms with Gasteiger partial charge in [0.25, 0.3) is 0 Å². The van der Waals surface area contributed by atoms with E-state index >= 15 is 0 Å². The SMILES string of the molecule is CSC(C#C[Si](C)(C)C)N1CCOCC1. The average molecular weight is 243 g/mol. The van der Waals surface area contributed by atoms with E-state index in [0.29, 0.717) is 5.37 Å². The minimum atomic E-state index is -1.23. The minimum Gasteiger partial charge on any atom is -0.379 e. The monoisotopic (exact) mass is 243 g/mol. The summed E-state index contributed by atoms with van der Waals surface area (Å²) in [5, 5.41) is 0.362. The van der Waals surface area contributed by atoms with Crippen molar-refractivity contribution in [3.8, 4) is 11.5 Å². The smallest absolute Gasteiger partial charge is 0.129 e. The summed E-state index contributed by atoms with van der Waals surface area (Å²) in [4.78, 5) is 2.42. The van der Waals surface area contributed by atoms with E-state index in [-0.39, 0.29) is 0 Å². The highest BCUT2D eigenvalue weighted by Crippen LogP contribution is 2.13. The van der Waals surface area contributed by atoms with E-state index < -0.39 is 8.07 Å². The molecule has 0 aliphatic carbocycles. The van der Waals surface area contributed by atoms with Crippen molar-refractivity contribution in [2.45, 2.75) is 25.0 Å². The van der Waals surface area contributed by atoms with E-state index in [0.717, 1.165) is 26.3 Å². The third-order valence-corrected chi connectivity index (χ3v) is 3.93. The summed E-state index contributed by atoms with van der Waals surface area (Å²) >= 11 is 1.84. The maximum Gasteiger partial charge on any atom is 0.129 e.